The Morgan fingerprint density at radius 1 is 0.941 bits per heavy atom. The molecule has 0 atom stereocenters. The molecule has 0 aliphatic heterocycles. The summed E-state index contributed by atoms with van der Waals surface area (Å²) >= 11 is 0. The molecule has 0 bridgehead atoms. The zero-order chi connectivity index (χ0) is 13.1. The Labute approximate surface area is 105 Å². The van der Waals surface area contributed by atoms with E-state index in [-0.39, 0.29) is 5.41 Å². The molecule has 0 spiro atoms. The van der Waals surface area contributed by atoms with Crippen LogP contribution in [0.15, 0.2) is 24.3 Å². The number of rotatable bonds is 4. The highest BCUT2D eigenvalue weighted by Gasteiger charge is 2.15. The molecule has 96 valence electrons. The lowest BCUT2D eigenvalue weighted by atomic mass is 9.86. The monoisotopic (exact) mass is 236 g/mol. The standard InChI is InChI=1S/C16H25F/c1-15(2,3)14-10-8-13(9-11-14)7-6-12-16(4,5)17/h8-11H,6-7,12H2,1-5H3. The van der Waals surface area contributed by atoms with Gasteiger partial charge in [-0.05, 0) is 49.7 Å². The van der Waals surface area contributed by atoms with Crippen LogP contribution in [0.1, 0.15) is 58.6 Å². The molecule has 1 aromatic carbocycles. The second kappa shape index (κ2) is 5.20. The average molecular weight is 236 g/mol. The van der Waals surface area contributed by atoms with Gasteiger partial charge in [0.2, 0.25) is 0 Å². The molecule has 0 amide bonds. The molecule has 0 aliphatic carbocycles. The lowest BCUT2D eigenvalue weighted by molar-refractivity contribution is 0.197. The zero-order valence-electron chi connectivity index (χ0n) is 11.8. The van der Waals surface area contributed by atoms with E-state index in [1.54, 1.807) is 13.8 Å². The molecule has 1 heteroatoms. The van der Waals surface area contributed by atoms with E-state index in [4.69, 9.17) is 0 Å². The highest BCUT2D eigenvalue weighted by Crippen LogP contribution is 2.23. The van der Waals surface area contributed by atoms with Crippen LogP contribution in [0.3, 0.4) is 0 Å². The number of hydrogen-bond acceptors (Lipinski definition) is 0. The van der Waals surface area contributed by atoms with Crippen molar-refractivity contribution in [2.75, 3.05) is 0 Å². The summed E-state index contributed by atoms with van der Waals surface area (Å²) in [6, 6.07) is 8.73. The van der Waals surface area contributed by atoms with Crippen molar-refractivity contribution >= 4 is 0 Å². The topological polar surface area (TPSA) is 0 Å². The quantitative estimate of drug-likeness (QED) is 0.686. The molecule has 0 aliphatic rings. The molecule has 0 heterocycles. The van der Waals surface area contributed by atoms with Crippen LogP contribution in [0.25, 0.3) is 0 Å². The SMILES string of the molecule is CC(C)(F)CCCc1ccc(C(C)(C)C)cc1. The largest absolute Gasteiger partial charge is 0.245 e. The van der Waals surface area contributed by atoms with Gasteiger partial charge in [-0.2, -0.15) is 0 Å². The molecule has 1 rings (SSSR count). The Morgan fingerprint density at radius 2 is 1.47 bits per heavy atom. The summed E-state index contributed by atoms with van der Waals surface area (Å²) in [7, 11) is 0. The fraction of sp³-hybridized carbons (Fsp3) is 0.625. The van der Waals surface area contributed by atoms with Gasteiger partial charge < -0.3 is 0 Å². The van der Waals surface area contributed by atoms with Gasteiger partial charge in [-0.25, -0.2) is 4.39 Å². The highest BCUT2D eigenvalue weighted by atomic mass is 19.1. The minimum absolute atomic E-state index is 0.208. The molecular formula is C16H25F. The molecule has 17 heavy (non-hydrogen) atoms. The zero-order valence-corrected chi connectivity index (χ0v) is 11.8. The summed E-state index contributed by atoms with van der Waals surface area (Å²) in [5.74, 6) is 0. The predicted octanol–water partition coefficient (Wildman–Crippen LogP) is 5.05. The summed E-state index contributed by atoms with van der Waals surface area (Å²) in [6.45, 7) is 9.94. The maximum absolute atomic E-state index is 13.3. The van der Waals surface area contributed by atoms with Gasteiger partial charge in [0.15, 0.2) is 0 Å². The van der Waals surface area contributed by atoms with Gasteiger partial charge in [0, 0.05) is 0 Å². The second-order valence-corrected chi connectivity index (χ2v) is 6.52. The van der Waals surface area contributed by atoms with Crippen LogP contribution in [0.2, 0.25) is 0 Å². The normalized spacial score (nSPS) is 12.8. The van der Waals surface area contributed by atoms with Crippen LogP contribution >= 0.6 is 0 Å². The number of halogens is 1. The number of hydrogen-bond donors (Lipinski definition) is 0. The van der Waals surface area contributed by atoms with E-state index in [1.165, 1.54) is 11.1 Å². The summed E-state index contributed by atoms with van der Waals surface area (Å²) in [5.41, 5.74) is 1.83. The summed E-state index contributed by atoms with van der Waals surface area (Å²) in [5, 5.41) is 0. The average Bonchev–Trinajstić information content (AvgIpc) is 2.15. The fourth-order valence-corrected chi connectivity index (χ4v) is 1.88. The van der Waals surface area contributed by atoms with Crippen molar-refractivity contribution in [2.45, 2.75) is 65.0 Å². The first-order valence-electron chi connectivity index (χ1n) is 6.47. The van der Waals surface area contributed by atoms with E-state index in [9.17, 15) is 4.39 Å². The van der Waals surface area contributed by atoms with Gasteiger partial charge in [0.25, 0.3) is 0 Å². The Balaban J connectivity index is 2.52. The predicted molar refractivity (Wildman–Crippen MR) is 73.3 cm³/mol. The Kier molecular flexibility index (Phi) is 4.35. The van der Waals surface area contributed by atoms with Crippen LogP contribution in [-0.4, -0.2) is 5.67 Å². The van der Waals surface area contributed by atoms with Gasteiger partial charge in [0.05, 0.1) is 0 Å². The van der Waals surface area contributed by atoms with Crippen LogP contribution in [-0.2, 0) is 11.8 Å². The van der Waals surface area contributed by atoms with Crippen molar-refractivity contribution in [1.29, 1.82) is 0 Å². The van der Waals surface area contributed by atoms with Crippen LogP contribution in [0.4, 0.5) is 4.39 Å². The van der Waals surface area contributed by atoms with Crippen molar-refractivity contribution in [3.8, 4) is 0 Å². The van der Waals surface area contributed by atoms with Gasteiger partial charge >= 0.3 is 0 Å². The van der Waals surface area contributed by atoms with E-state index in [0.29, 0.717) is 6.42 Å². The fourth-order valence-electron chi connectivity index (χ4n) is 1.88. The number of aryl methyl sites for hydroxylation is 1. The molecule has 0 unspecified atom stereocenters. The molecule has 0 saturated heterocycles. The molecule has 0 radical (unpaired) electrons. The molecular weight excluding hydrogens is 211 g/mol. The third-order valence-corrected chi connectivity index (χ3v) is 3.06. The van der Waals surface area contributed by atoms with E-state index in [1.807, 2.05) is 0 Å². The highest BCUT2D eigenvalue weighted by molar-refractivity contribution is 5.27. The van der Waals surface area contributed by atoms with Crippen molar-refractivity contribution in [3.05, 3.63) is 35.4 Å². The van der Waals surface area contributed by atoms with Gasteiger partial charge in [-0.1, -0.05) is 45.0 Å². The van der Waals surface area contributed by atoms with Crippen LogP contribution in [0, 0.1) is 0 Å². The first-order chi connectivity index (χ1) is 7.68. The van der Waals surface area contributed by atoms with E-state index >= 15 is 0 Å². The maximum Gasteiger partial charge on any atom is 0.105 e. The molecule has 0 N–H and O–H groups in total. The van der Waals surface area contributed by atoms with Crippen molar-refractivity contribution < 1.29 is 4.39 Å². The first-order valence-corrected chi connectivity index (χ1v) is 6.47. The van der Waals surface area contributed by atoms with Gasteiger partial charge in [0.1, 0.15) is 5.67 Å². The van der Waals surface area contributed by atoms with Gasteiger partial charge in [-0.3, -0.25) is 0 Å². The van der Waals surface area contributed by atoms with Crippen molar-refractivity contribution in [2.24, 2.45) is 0 Å². The molecule has 0 saturated carbocycles. The summed E-state index contributed by atoms with van der Waals surface area (Å²) < 4.78 is 13.3. The third-order valence-electron chi connectivity index (χ3n) is 3.06. The second-order valence-electron chi connectivity index (χ2n) is 6.52. The smallest absolute Gasteiger partial charge is 0.105 e. The lowest BCUT2D eigenvalue weighted by Crippen LogP contribution is -2.12. The van der Waals surface area contributed by atoms with E-state index in [0.717, 1.165) is 12.8 Å². The Bertz CT molecular complexity index is 335. The van der Waals surface area contributed by atoms with Gasteiger partial charge in [-0.15, -0.1) is 0 Å². The van der Waals surface area contributed by atoms with Crippen molar-refractivity contribution in [1.82, 2.24) is 0 Å². The molecule has 0 aromatic heterocycles. The number of alkyl halides is 1. The molecule has 0 fully saturated rings. The number of benzene rings is 1. The van der Waals surface area contributed by atoms with Crippen LogP contribution < -0.4 is 0 Å². The molecule has 1 aromatic rings. The Hall–Kier alpha value is -0.850. The van der Waals surface area contributed by atoms with Crippen LogP contribution in [0.5, 0.6) is 0 Å². The van der Waals surface area contributed by atoms with Crippen molar-refractivity contribution in [3.63, 3.8) is 0 Å². The molecule has 0 nitrogen and oxygen atoms in total. The minimum Gasteiger partial charge on any atom is -0.245 e. The lowest BCUT2D eigenvalue weighted by Gasteiger charge is -2.19. The summed E-state index contributed by atoms with van der Waals surface area (Å²) in [6.07, 6.45) is 2.52. The van der Waals surface area contributed by atoms with E-state index in [2.05, 4.69) is 45.0 Å². The third kappa shape index (κ3) is 5.34. The Morgan fingerprint density at radius 3 is 1.88 bits per heavy atom. The maximum atomic E-state index is 13.3. The first kappa shape index (κ1) is 14.2. The van der Waals surface area contributed by atoms with E-state index < -0.39 is 5.67 Å². The minimum atomic E-state index is -1.04. The summed E-state index contributed by atoms with van der Waals surface area (Å²) in [4.78, 5) is 0.